The fourth-order valence-electron chi connectivity index (χ4n) is 2.40. The zero-order valence-corrected chi connectivity index (χ0v) is 13.8. The molecule has 0 radical (unpaired) electrons. The van der Waals surface area contributed by atoms with E-state index in [0.29, 0.717) is 11.3 Å². The highest BCUT2D eigenvalue weighted by molar-refractivity contribution is 6.29. The SMILES string of the molecule is COc1ccc(/C=C(/C(=O)Nc2cccnc2)c2ccccc2)cc1. The van der Waals surface area contributed by atoms with Crippen LogP contribution in [0.15, 0.2) is 79.1 Å². The van der Waals surface area contributed by atoms with Gasteiger partial charge in [0.1, 0.15) is 5.75 Å². The molecular weight excluding hydrogens is 312 g/mol. The van der Waals surface area contributed by atoms with E-state index in [1.54, 1.807) is 31.6 Å². The number of amides is 1. The highest BCUT2D eigenvalue weighted by Gasteiger charge is 2.12. The standard InChI is InChI=1S/C21H18N2O2/c1-25-19-11-9-16(10-12-19)14-20(17-6-3-2-4-7-17)21(24)23-18-8-5-13-22-15-18/h2-15H,1H3,(H,23,24)/b20-14+. The first-order valence-electron chi connectivity index (χ1n) is 7.89. The summed E-state index contributed by atoms with van der Waals surface area (Å²) in [6, 6.07) is 20.7. The van der Waals surface area contributed by atoms with Gasteiger partial charge in [-0.15, -0.1) is 0 Å². The summed E-state index contributed by atoms with van der Waals surface area (Å²) in [4.78, 5) is 16.8. The molecule has 1 aromatic heterocycles. The molecule has 1 heterocycles. The lowest BCUT2D eigenvalue weighted by atomic mass is 10.0. The first-order valence-corrected chi connectivity index (χ1v) is 7.89. The van der Waals surface area contributed by atoms with Gasteiger partial charge in [0.15, 0.2) is 0 Å². The summed E-state index contributed by atoms with van der Waals surface area (Å²) in [7, 11) is 1.63. The molecule has 2 aromatic carbocycles. The molecule has 0 atom stereocenters. The van der Waals surface area contributed by atoms with Crippen molar-refractivity contribution in [2.75, 3.05) is 12.4 Å². The Morgan fingerprint density at radius 1 is 1.00 bits per heavy atom. The van der Waals surface area contributed by atoms with Crippen molar-refractivity contribution in [3.8, 4) is 5.75 Å². The van der Waals surface area contributed by atoms with Crippen LogP contribution < -0.4 is 10.1 Å². The first-order chi connectivity index (χ1) is 12.3. The molecular formula is C21H18N2O2. The van der Waals surface area contributed by atoms with Crippen LogP contribution in [0.25, 0.3) is 11.6 Å². The van der Waals surface area contributed by atoms with Crippen LogP contribution in [-0.2, 0) is 4.79 Å². The number of pyridine rings is 1. The minimum atomic E-state index is -0.185. The van der Waals surface area contributed by atoms with E-state index in [0.717, 1.165) is 16.9 Å². The molecule has 4 nitrogen and oxygen atoms in total. The maximum absolute atomic E-state index is 12.8. The second kappa shape index (κ2) is 7.93. The Morgan fingerprint density at radius 3 is 2.40 bits per heavy atom. The predicted molar refractivity (Wildman–Crippen MR) is 100 cm³/mol. The maximum Gasteiger partial charge on any atom is 0.256 e. The van der Waals surface area contributed by atoms with Gasteiger partial charge in [0.05, 0.1) is 19.0 Å². The number of hydrogen-bond acceptors (Lipinski definition) is 3. The quantitative estimate of drug-likeness (QED) is 0.561. The molecule has 0 spiro atoms. The summed E-state index contributed by atoms with van der Waals surface area (Å²) < 4.78 is 5.18. The van der Waals surface area contributed by atoms with E-state index < -0.39 is 0 Å². The van der Waals surface area contributed by atoms with Crippen molar-refractivity contribution in [3.63, 3.8) is 0 Å². The van der Waals surface area contributed by atoms with Gasteiger partial charge in [-0.05, 0) is 41.5 Å². The number of benzene rings is 2. The van der Waals surface area contributed by atoms with E-state index in [-0.39, 0.29) is 5.91 Å². The van der Waals surface area contributed by atoms with Crippen LogP contribution in [0.3, 0.4) is 0 Å². The van der Waals surface area contributed by atoms with Gasteiger partial charge in [0, 0.05) is 11.8 Å². The fraction of sp³-hybridized carbons (Fsp3) is 0.0476. The zero-order valence-electron chi connectivity index (χ0n) is 13.8. The van der Waals surface area contributed by atoms with Gasteiger partial charge >= 0.3 is 0 Å². The molecule has 1 N–H and O–H groups in total. The van der Waals surface area contributed by atoms with Crippen molar-refractivity contribution in [3.05, 3.63) is 90.3 Å². The minimum Gasteiger partial charge on any atom is -0.497 e. The van der Waals surface area contributed by atoms with Crippen LogP contribution in [0.1, 0.15) is 11.1 Å². The van der Waals surface area contributed by atoms with Crippen molar-refractivity contribution < 1.29 is 9.53 Å². The number of nitrogens with zero attached hydrogens (tertiary/aromatic N) is 1. The Morgan fingerprint density at radius 2 is 1.76 bits per heavy atom. The molecule has 4 heteroatoms. The fourth-order valence-corrected chi connectivity index (χ4v) is 2.40. The molecule has 0 aliphatic heterocycles. The van der Waals surface area contributed by atoms with Crippen molar-refractivity contribution in [1.82, 2.24) is 4.98 Å². The van der Waals surface area contributed by atoms with Crippen LogP contribution in [0.4, 0.5) is 5.69 Å². The van der Waals surface area contributed by atoms with Crippen molar-refractivity contribution in [1.29, 1.82) is 0 Å². The lowest BCUT2D eigenvalue weighted by molar-refractivity contribution is -0.111. The van der Waals surface area contributed by atoms with Crippen LogP contribution in [0, 0.1) is 0 Å². The van der Waals surface area contributed by atoms with Crippen molar-refractivity contribution in [2.45, 2.75) is 0 Å². The number of ether oxygens (including phenoxy) is 1. The number of carbonyl (C=O) groups is 1. The van der Waals surface area contributed by atoms with Gasteiger partial charge in [-0.3, -0.25) is 9.78 Å². The molecule has 25 heavy (non-hydrogen) atoms. The van der Waals surface area contributed by atoms with Crippen LogP contribution in [0.2, 0.25) is 0 Å². The van der Waals surface area contributed by atoms with E-state index in [9.17, 15) is 4.79 Å². The van der Waals surface area contributed by atoms with Gasteiger partial charge in [0.25, 0.3) is 5.91 Å². The third-order valence-electron chi connectivity index (χ3n) is 3.68. The van der Waals surface area contributed by atoms with E-state index in [4.69, 9.17) is 4.74 Å². The lowest BCUT2D eigenvalue weighted by Crippen LogP contribution is -2.13. The summed E-state index contributed by atoms with van der Waals surface area (Å²) in [5, 5.41) is 2.89. The summed E-state index contributed by atoms with van der Waals surface area (Å²) in [5.74, 6) is 0.591. The smallest absolute Gasteiger partial charge is 0.256 e. The predicted octanol–water partition coefficient (Wildman–Crippen LogP) is 4.27. The average molecular weight is 330 g/mol. The Labute approximate surface area is 146 Å². The largest absolute Gasteiger partial charge is 0.497 e. The van der Waals surface area contributed by atoms with Crippen LogP contribution in [-0.4, -0.2) is 18.0 Å². The van der Waals surface area contributed by atoms with Gasteiger partial charge in [0.2, 0.25) is 0 Å². The van der Waals surface area contributed by atoms with Crippen LogP contribution in [0.5, 0.6) is 5.75 Å². The second-order valence-electron chi connectivity index (χ2n) is 5.39. The van der Waals surface area contributed by atoms with E-state index >= 15 is 0 Å². The molecule has 0 fully saturated rings. The number of aromatic nitrogens is 1. The molecule has 0 bridgehead atoms. The molecule has 124 valence electrons. The molecule has 0 saturated heterocycles. The van der Waals surface area contributed by atoms with Gasteiger partial charge in [-0.25, -0.2) is 0 Å². The molecule has 1 amide bonds. The first kappa shape index (κ1) is 16.5. The molecule has 3 aromatic rings. The number of hydrogen-bond donors (Lipinski definition) is 1. The van der Waals surface area contributed by atoms with Crippen molar-refractivity contribution in [2.24, 2.45) is 0 Å². The number of anilines is 1. The van der Waals surface area contributed by atoms with E-state index in [1.165, 1.54) is 0 Å². The molecule has 3 rings (SSSR count). The summed E-state index contributed by atoms with van der Waals surface area (Å²) in [6.07, 6.45) is 5.15. The Balaban J connectivity index is 1.94. The molecule has 0 aliphatic rings. The number of methoxy groups -OCH3 is 1. The van der Waals surface area contributed by atoms with Gasteiger partial charge in [-0.2, -0.15) is 0 Å². The average Bonchev–Trinajstić information content (AvgIpc) is 2.68. The monoisotopic (exact) mass is 330 g/mol. The third kappa shape index (κ3) is 4.32. The van der Waals surface area contributed by atoms with Gasteiger partial charge < -0.3 is 10.1 Å². The van der Waals surface area contributed by atoms with E-state index in [2.05, 4.69) is 10.3 Å². The number of carbonyl (C=O) groups excluding carboxylic acids is 1. The Bertz CT molecular complexity index is 857. The Kier molecular flexibility index (Phi) is 5.22. The number of rotatable bonds is 5. The minimum absolute atomic E-state index is 0.185. The zero-order chi connectivity index (χ0) is 17.5. The highest BCUT2D eigenvalue weighted by atomic mass is 16.5. The molecule has 0 saturated carbocycles. The normalized spacial score (nSPS) is 11.0. The number of nitrogens with one attached hydrogen (secondary N) is 1. The second-order valence-corrected chi connectivity index (χ2v) is 5.39. The van der Waals surface area contributed by atoms with E-state index in [1.807, 2.05) is 60.7 Å². The highest BCUT2D eigenvalue weighted by Crippen LogP contribution is 2.21. The Hall–Kier alpha value is -3.40. The van der Waals surface area contributed by atoms with Gasteiger partial charge in [-0.1, -0.05) is 42.5 Å². The van der Waals surface area contributed by atoms with Crippen LogP contribution >= 0.6 is 0 Å². The van der Waals surface area contributed by atoms with Crippen molar-refractivity contribution >= 4 is 23.2 Å². The topological polar surface area (TPSA) is 51.2 Å². The molecule has 0 aliphatic carbocycles. The summed E-state index contributed by atoms with van der Waals surface area (Å²) >= 11 is 0. The molecule has 0 unspecified atom stereocenters. The summed E-state index contributed by atoms with van der Waals surface area (Å²) in [6.45, 7) is 0. The maximum atomic E-state index is 12.8. The lowest BCUT2D eigenvalue weighted by Gasteiger charge is -2.10. The third-order valence-corrected chi connectivity index (χ3v) is 3.68. The summed E-state index contributed by atoms with van der Waals surface area (Å²) in [5.41, 5.74) is 3.00.